The first kappa shape index (κ1) is 56.3. The van der Waals surface area contributed by atoms with Gasteiger partial charge < -0.3 is 27.4 Å². The standard InChI is InChI=1S/C96H60N6/c1-5-27-65(28-6-1)98-85-46-23-17-40-75(85)92-89(98)59-77(61-48-52-69(53-49-61)97-81-42-19-13-36-71(81)72-37-14-20-43-82(72)97)95-94(92)80-58-63(51-55-88(80)102(95)68-33-11-4-12-34-68)62-50-54-87-79(57-62)73-38-15-21-44-83(73)100(87)70-35-25-26-64(56-70)78-60-90-91(74-39-16-22-45-84(74)99(90)66-29-7-2-8-30-66)93-76-41-18-24-47-86(76)101(96(78)93)67-31-9-3-10-32-67/h1-60H. The van der Waals surface area contributed by atoms with Crippen LogP contribution < -0.4 is 0 Å². The van der Waals surface area contributed by atoms with Crippen LogP contribution in [-0.2, 0) is 0 Å². The lowest BCUT2D eigenvalue weighted by atomic mass is 9.96. The molecule has 6 aromatic heterocycles. The van der Waals surface area contributed by atoms with Gasteiger partial charge in [-0.25, -0.2) is 0 Å². The largest absolute Gasteiger partial charge is 0.309 e. The summed E-state index contributed by atoms with van der Waals surface area (Å²) in [5.74, 6) is 0. The fraction of sp³-hybridized carbons (Fsp3) is 0. The summed E-state index contributed by atoms with van der Waals surface area (Å²) in [6.07, 6.45) is 0. The van der Waals surface area contributed by atoms with E-state index in [1.54, 1.807) is 0 Å². The van der Waals surface area contributed by atoms with Gasteiger partial charge in [-0.3, -0.25) is 0 Å². The number of hydrogen-bond acceptors (Lipinski definition) is 0. The Morgan fingerprint density at radius 2 is 0.431 bits per heavy atom. The van der Waals surface area contributed by atoms with Gasteiger partial charge >= 0.3 is 0 Å². The van der Waals surface area contributed by atoms with Gasteiger partial charge in [-0.2, -0.15) is 0 Å². The third-order valence-electron chi connectivity index (χ3n) is 21.7. The zero-order valence-electron chi connectivity index (χ0n) is 55.3. The molecule has 6 heteroatoms. The van der Waals surface area contributed by atoms with Crippen LogP contribution in [0.2, 0.25) is 0 Å². The summed E-state index contributed by atoms with van der Waals surface area (Å²) >= 11 is 0. The highest BCUT2D eigenvalue weighted by molar-refractivity contribution is 6.33. The predicted octanol–water partition coefficient (Wildman–Crippen LogP) is 25.3. The Balaban J connectivity index is 0.759. The minimum atomic E-state index is 1.09. The molecule has 0 fully saturated rings. The molecule has 0 unspecified atom stereocenters. The third kappa shape index (κ3) is 8.11. The maximum absolute atomic E-state index is 2.52. The molecule has 0 saturated heterocycles. The van der Waals surface area contributed by atoms with E-state index in [0.717, 1.165) is 89.6 Å². The van der Waals surface area contributed by atoms with Crippen LogP contribution in [0.1, 0.15) is 0 Å². The zero-order valence-corrected chi connectivity index (χ0v) is 55.3. The van der Waals surface area contributed by atoms with E-state index in [-0.39, 0.29) is 0 Å². The van der Waals surface area contributed by atoms with E-state index in [4.69, 9.17) is 0 Å². The molecule has 0 amide bonds. The fourth-order valence-electron chi connectivity index (χ4n) is 17.5. The molecule has 0 atom stereocenters. The predicted molar refractivity (Wildman–Crippen MR) is 429 cm³/mol. The van der Waals surface area contributed by atoms with Crippen molar-refractivity contribution in [3.05, 3.63) is 364 Å². The Morgan fingerprint density at radius 1 is 0.137 bits per heavy atom. The van der Waals surface area contributed by atoms with Crippen LogP contribution in [0.25, 0.3) is 198 Å². The van der Waals surface area contributed by atoms with Gasteiger partial charge in [0.25, 0.3) is 0 Å². The lowest BCUT2D eigenvalue weighted by molar-refractivity contribution is 1.17. The van der Waals surface area contributed by atoms with Gasteiger partial charge in [0.15, 0.2) is 0 Å². The third-order valence-corrected chi connectivity index (χ3v) is 21.7. The Bertz CT molecular complexity index is 7150. The summed E-state index contributed by atoms with van der Waals surface area (Å²) in [6, 6.07) is 135. The molecule has 102 heavy (non-hydrogen) atoms. The van der Waals surface area contributed by atoms with Gasteiger partial charge in [-0.1, -0.05) is 218 Å². The molecule has 0 N–H and O–H groups in total. The molecular weight excluding hydrogens is 1240 g/mol. The average molecular weight is 1300 g/mol. The topological polar surface area (TPSA) is 29.6 Å². The summed E-state index contributed by atoms with van der Waals surface area (Å²) in [5, 5.41) is 14.7. The van der Waals surface area contributed by atoms with Crippen LogP contribution in [0.4, 0.5) is 0 Å². The van der Waals surface area contributed by atoms with E-state index < -0.39 is 0 Å². The SMILES string of the molecule is c1ccc(-n2c3ccccc3c3c4c5ccccc5n(-c5ccccc5)c4c(-c4cccc(-n5c6ccccc6c6cc(-c7ccc8c(c7)c7c9c%10ccccc%10n(-c%10ccccc%10)c9cc(-c9ccc(-n%10c%11ccccc%11c%11ccccc%11%10)cc9)c7n8-c7ccccc7)ccc65)c4)cc32)cc1. The smallest absolute Gasteiger partial charge is 0.0627 e. The number of hydrogen-bond donors (Lipinski definition) is 0. The molecule has 16 aromatic carbocycles. The molecule has 0 aliphatic rings. The molecule has 0 spiro atoms. The summed E-state index contributed by atoms with van der Waals surface area (Å²) in [7, 11) is 0. The summed E-state index contributed by atoms with van der Waals surface area (Å²) in [4.78, 5) is 0. The van der Waals surface area contributed by atoms with Crippen molar-refractivity contribution >= 4 is 131 Å². The van der Waals surface area contributed by atoms with Crippen LogP contribution in [0, 0.1) is 0 Å². The number of aromatic nitrogens is 6. The molecule has 0 radical (unpaired) electrons. The van der Waals surface area contributed by atoms with Crippen molar-refractivity contribution in [3.8, 4) is 67.5 Å². The molecule has 474 valence electrons. The first-order valence-corrected chi connectivity index (χ1v) is 35.2. The van der Waals surface area contributed by atoms with Crippen molar-refractivity contribution < 1.29 is 0 Å². The molecule has 0 aliphatic carbocycles. The van der Waals surface area contributed by atoms with E-state index in [1.807, 2.05) is 0 Å². The van der Waals surface area contributed by atoms with Crippen LogP contribution in [0.5, 0.6) is 0 Å². The first-order chi connectivity index (χ1) is 50.7. The van der Waals surface area contributed by atoms with Crippen molar-refractivity contribution in [1.29, 1.82) is 0 Å². The normalized spacial score (nSPS) is 12.1. The molecule has 22 aromatic rings. The molecule has 22 rings (SSSR count). The van der Waals surface area contributed by atoms with Crippen molar-refractivity contribution in [3.63, 3.8) is 0 Å². The Kier molecular flexibility index (Phi) is 12.1. The van der Waals surface area contributed by atoms with Crippen molar-refractivity contribution in [2.24, 2.45) is 0 Å². The number of benzene rings is 16. The zero-order chi connectivity index (χ0) is 66.7. The second-order valence-electron chi connectivity index (χ2n) is 27.1. The minimum Gasteiger partial charge on any atom is -0.309 e. The maximum atomic E-state index is 2.52. The molecule has 0 saturated carbocycles. The highest BCUT2D eigenvalue weighted by Crippen LogP contribution is 2.51. The summed E-state index contributed by atoms with van der Waals surface area (Å²) in [5.41, 5.74) is 27.6. The lowest BCUT2D eigenvalue weighted by Crippen LogP contribution is -1.98. The monoisotopic (exact) mass is 1300 g/mol. The second kappa shape index (κ2) is 21.9. The quantitative estimate of drug-likeness (QED) is 0.138. The molecule has 0 aliphatic heterocycles. The highest BCUT2D eigenvalue weighted by atomic mass is 15.0. The van der Waals surface area contributed by atoms with E-state index in [9.17, 15) is 0 Å². The number of fused-ring (bicyclic) bond motifs is 20. The second-order valence-corrected chi connectivity index (χ2v) is 27.1. The molecular formula is C96H60N6. The van der Waals surface area contributed by atoms with Crippen LogP contribution >= 0.6 is 0 Å². The van der Waals surface area contributed by atoms with Gasteiger partial charge in [-0.15, -0.1) is 0 Å². The van der Waals surface area contributed by atoms with Crippen molar-refractivity contribution in [2.45, 2.75) is 0 Å². The first-order valence-electron chi connectivity index (χ1n) is 35.2. The van der Waals surface area contributed by atoms with Gasteiger partial charge in [0, 0.05) is 110 Å². The maximum Gasteiger partial charge on any atom is 0.0627 e. The van der Waals surface area contributed by atoms with Crippen LogP contribution in [-0.4, -0.2) is 27.4 Å². The lowest BCUT2D eigenvalue weighted by Gasteiger charge is -2.15. The van der Waals surface area contributed by atoms with E-state index in [1.165, 1.54) is 109 Å². The Morgan fingerprint density at radius 3 is 0.902 bits per heavy atom. The number of rotatable bonds is 9. The van der Waals surface area contributed by atoms with Gasteiger partial charge in [0.2, 0.25) is 0 Å². The molecule has 6 heterocycles. The van der Waals surface area contributed by atoms with Crippen molar-refractivity contribution in [1.82, 2.24) is 27.4 Å². The van der Waals surface area contributed by atoms with E-state index in [0.29, 0.717) is 0 Å². The summed E-state index contributed by atoms with van der Waals surface area (Å²) in [6.45, 7) is 0. The number of para-hydroxylation sites is 10. The highest BCUT2D eigenvalue weighted by Gasteiger charge is 2.28. The molecule has 0 bridgehead atoms. The fourth-order valence-corrected chi connectivity index (χ4v) is 17.5. The molecule has 6 nitrogen and oxygen atoms in total. The van der Waals surface area contributed by atoms with Crippen LogP contribution in [0.3, 0.4) is 0 Å². The van der Waals surface area contributed by atoms with Gasteiger partial charge in [-0.05, 0) is 168 Å². The van der Waals surface area contributed by atoms with Crippen molar-refractivity contribution in [2.75, 3.05) is 0 Å². The van der Waals surface area contributed by atoms with Gasteiger partial charge in [0.05, 0.1) is 66.2 Å². The average Bonchev–Trinajstić information content (AvgIpc) is 1.54. The Hall–Kier alpha value is -13.7. The van der Waals surface area contributed by atoms with Crippen LogP contribution in [0.15, 0.2) is 364 Å². The van der Waals surface area contributed by atoms with E-state index in [2.05, 4.69) is 391 Å². The summed E-state index contributed by atoms with van der Waals surface area (Å²) < 4.78 is 14.9. The van der Waals surface area contributed by atoms with Gasteiger partial charge in [0.1, 0.15) is 0 Å². The van der Waals surface area contributed by atoms with E-state index >= 15 is 0 Å². The number of nitrogens with zero attached hydrogens (tertiary/aromatic N) is 6. The Labute approximate surface area is 586 Å². The minimum absolute atomic E-state index is 1.09.